The van der Waals surface area contributed by atoms with Crippen LogP contribution in [0, 0.1) is 0 Å². The van der Waals surface area contributed by atoms with Crippen molar-refractivity contribution in [3.8, 4) is 0 Å². The summed E-state index contributed by atoms with van der Waals surface area (Å²) in [5.74, 6) is 0.200. The van der Waals surface area contributed by atoms with E-state index in [0.29, 0.717) is 5.95 Å². The number of hydrogen-bond acceptors (Lipinski definition) is 5. The standard InChI is InChI=1S/C16H19N5O/c1-11(15(22)20-16-18-8-4-9-19-16)21-10-3-5-12-13(17)6-2-7-14(12)21/h2,4,6-9,11H,3,5,10,17H2,1H3,(H,18,19,20,22). The van der Waals surface area contributed by atoms with Crippen molar-refractivity contribution in [2.45, 2.75) is 25.8 Å². The lowest BCUT2D eigenvalue weighted by atomic mass is 9.98. The number of amides is 1. The molecule has 1 atom stereocenters. The number of benzene rings is 1. The highest BCUT2D eigenvalue weighted by molar-refractivity contribution is 5.95. The third-order valence-corrected chi connectivity index (χ3v) is 3.97. The number of rotatable bonds is 3. The molecule has 3 N–H and O–H groups in total. The van der Waals surface area contributed by atoms with Gasteiger partial charge in [-0.05, 0) is 43.5 Å². The predicted molar refractivity (Wildman–Crippen MR) is 86.6 cm³/mol. The summed E-state index contributed by atoms with van der Waals surface area (Å²) < 4.78 is 0. The lowest BCUT2D eigenvalue weighted by Gasteiger charge is -2.35. The van der Waals surface area contributed by atoms with Gasteiger partial charge in [0.15, 0.2) is 0 Å². The van der Waals surface area contributed by atoms with Crippen molar-refractivity contribution >= 4 is 23.2 Å². The van der Waals surface area contributed by atoms with E-state index in [1.54, 1.807) is 18.5 Å². The molecule has 1 aromatic carbocycles. The van der Waals surface area contributed by atoms with Crippen molar-refractivity contribution < 1.29 is 4.79 Å². The monoisotopic (exact) mass is 297 g/mol. The summed E-state index contributed by atoms with van der Waals surface area (Å²) in [6.07, 6.45) is 5.14. The molecule has 3 rings (SSSR count). The molecule has 0 radical (unpaired) electrons. The number of nitrogens with two attached hydrogens (primary N) is 1. The zero-order valence-electron chi connectivity index (χ0n) is 12.5. The summed E-state index contributed by atoms with van der Waals surface area (Å²) in [5.41, 5.74) is 9.02. The van der Waals surface area contributed by atoms with Gasteiger partial charge in [-0.1, -0.05) is 6.07 Å². The molecule has 0 aliphatic carbocycles. The molecule has 0 bridgehead atoms. The molecular formula is C16H19N5O. The molecule has 2 heterocycles. The second kappa shape index (κ2) is 6.01. The van der Waals surface area contributed by atoms with Crippen LogP contribution >= 0.6 is 0 Å². The fraction of sp³-hybridized carbons (Fsp3) is 0.312. The summed E-state index contributed by atoms with van der Waals surface area (Å²) >= 11 is 0. The lowest BCUT2D eigenvalue weighted by Crippen LogP contribution is -2.45. The Balaban J connectivity index is 1.80. The number of carbonyl (C=O) groups excluding carboxylic acids is 1. The Kier molecular flexibility index (Phi) is 3.91. The molecule has 1 aliphatic heterocycles. The Bertz CT molecular complexity index is 673. The molecule has 0 fully saturated rings. The van der Waals surface area contributed by atoms with Crippen LogP contribution in [0.1, 0.15) is 18.9 Å². The van der Waals surface area contributed by atoms with E-state index in [1.807, 2.05) is 25.1 Å². The molecule has 1 aromatic heterocycles. The van der Waals surface area contributed by atoms with Gasteiger partial charge in [-0.2, -0.15) is 0 Å². The van der Waals surface area contributed by atoms with Gasteiger partial charge in [0, 0.05) is 30.3 Å². The van der Waals surface area contributed by atoms with Crippen LogP contribution in [0.15, 0.2) is 36.7 Å². The number of aromatic nitrogens is 2. The Labute approximate surface area is 129 Å². The minimum atomic E-state index is -0.315. The number of hydrogen-bond donors (Lipinski definition) is 2. The Morgan fingerprint density at radius 2 is 2.09 bits per heavy atom. The van der Waals surface area contributed by atoms with Gasteiger partial charge in [-0.3, -0.25) is 10.1 Å². The van der Waals surface area contributed by atoms with E-state index in [2.05, 4.69) is 20.2 Å². The van der Waals surface area contributed by atoms with Crippen LogP contribution in [0.5, 0.6) is 0 Å². The third kappa shape index (κ3) is 2.72. The van der Waals surface area contributed by atoms with Crippen LogP contribution in [0.25, 0.3) is 0 Å². The first-order valence-corrected chi connectivity index (χ1v) is 7.38. The Morgan fingerprint density at radius 1 is 1.32 bits per heavy atom. The molecule has 2 aromatic rings. The van der Waals surface area contributed by atoms with Crippen molar-refractivity contribution in [2.24, 2.45) is 0 Å². The van der Waals surface area contributed by atoms with Gasteiger partial charge in [-0.15, -0.1) is 0 Å². The average Bonchev–Trinajstić information content (AvgIpc) is 2.55. The molecule has 114 valence electrons. The molecule has 6 heteroatoms. The maximum atomic E-state index is 12.4. The van der Waals surface area contributed by atoms with Crippen molar-refractivity contribution in [2.75, 3.05) is 22.5 Å². The van der Waals surface area contributed by atoms with Gasteiger partial charge in [0.1, 0.15) is 6.04 Å². The highest BCUT2D eigenvalue weighted by atomic mass is 16.2. The molecule has 1 amide bonds. The largest absolute Gasteiger partial charge is 0.398 e. The van der Waals surface area contributed by atoms with Crippen LogP contribution in [0.3, 0.4) is 0 Å². The highest BCUT2D eigenvalue weighted by Gasteiger charge is 2.27. The van der Waals surface area contributed by atoms with Gasteiger partial charge in [0.2, 0.25) is 11.9 Å². The molecule has 22 heavy (non-hydrogen) atoms. The summed E-state index contributed by atoms with van der Waals surface area (Å²) in [4.78, 5) is 22.6. The van der Waals surface area contributed by atoms with Crippen molar-refractivity contribution in [3.63, 3.8) is 0 Å². The van der Waals surface area contributed by atoms with Gasteiger partial charge in [0.05, 0.1) is 0 Å². The SMILES string of the molecule is CC(C(=O)Nc1ncccn1)N1CCCc2c(N)cccc21. The highest BCUT2D eigenvalue weighted by Crippen LogP contribution is 2.32. The first kappa shape index (κ1) is 14.3. The maximum absolute atomic E-state index is 12.4. The first-order valence-electron chi connectivity index (χ1n) is 7.38. The van der Waals surface area contributed by atoms with Gasteiger partial charge in [0.25, 0.3) is 0 Å². The van der Waals surface area contributed by atoms with Gasteiger partial charge >= 0.3 is 0 Å². The van der Waals surface area contributed by atoms with E-state index in [0.717, 1.165) is 36.3 Å². The van der Waals surface area contributed by atoms with E-state index < -0.39 is 0 Å². The molecule has 1 aliphatic rings. The molecule has 6 nitrogen and oxygen atoms in total. The summed E-state index contributed by atoms with van der Waals surface area (Å²) in [6, 6.07) is 7.25. The van der Waals surface area contributed by atoms with E-state index in [9.17, 15) is 4.79 Å². The van der Waals surface area contributed by atoms with Crippen LogP contribution in [-0.4, -0.2) is 28.5 Å². The first-order chi connectivity index (χ1) is 10.7. The number of nitrogens with zero attached hydrogens (tertiary/aromatic N) is 3. The number of nitrogens with one attached hydrogen (secondary N) is 1. The van der Waals surface area contributed by atoms with Crippen LogP contribution in [-0.2, 0) is 11.2 Å². The van der Waals surface area contributed by atoms with Gasteiger partial charge < -0.3 is 10.6 Å². The topological polar surface area (TPSA) is 84.1 Å². The minimum absolute atomic E-state index is 0.124. The predicted octanol–water partition coefficient (Wildman–Crippen LogP) is 1.84. The minimum Gasteiger partial charge on any atom is -0.398 e. The maximum Gasteiger partial charge on any atom is 0.249 e. The average molecular weight is 297 g/mol. The van der Waals surface area contributed by atoms with E-state index in [4.69, 9.17) is 5.73 Å². The van der Waals surface area contributed by atoms with Gasteiger partial charge in [-0.25, -0.2) is 9.97 Å². The number of anilines is 3. The van der Waals surface area contributed by atoms with Crippen molar-refractivity contribution in [3.05, 3.63) is 42.2 Å². The zero-order chi connectivity index (χ0) is 15.5. The smallest absolute Gasteiger partial charge is 0.249 e. The number of nitrogen functional groups attached to an aromatic ring is 1. The van der Waals surface area contributed by atoms with Crippen molar-refractivity contribution in [1.82, 2.24) is 9.97 Å². The summed E-state index contributed by atoms with van der Waals surface area (Å²) in [6.45, 7) is 2.72. The normalized spacial score (nSPS) is 15.0. The van der Waals surface area contributed by atoms with Crippen LogP contribution in [0.2, 0.25) is 0 Å². The fourth-order valence-electron chi connectivity index (χ4n) is 2.80. The molecule has 0 saturated carbocycles. The fourth-order valence-corrected chi connectivity index (χ4v) is 2.80. The van der Waals surface area contributed by atoms with Crippen LogP contribution in [0.4, 0.5) is 17.3 Å². The van der Waals surface area contributed by atoms with Crippen molar-refractivity contribution in [1.29, 1.82) is 0 Å². The molecule has 0 spiro atoms. The van der Waals surface area contributed by atoms with E-state index in [-0.39, 0.29) is 11.9 Å². The zero-order valence-corrected chi connectivity index (χ0v) is 12.5. The lowest BCUT2D eigenvalue weighted by molar-refractivity contribution is -0.117. The quantitative estimate of drug-likeness (QED) is 0.845. The van der Waals surface area contributed by atoms with E-state index >= 15 is 0 Å². The Morgan fingerprint density at radius 3 is 2.86 bits per heavy atom. The second-order valence-electron chi connectivity index (χ2n) is 5.38. The molecule has 0 saturated heterocycles. The molecule has 1 unspecified atom stereocenters. The summed E-state index contributed by atoms with van der Waals surface area (Å²) in [5, 5.41) is 2.75. The number of fused-ring (bicyclic) bond motifs is 1. The van der Waals surface area contributed by atoms with E-state index in [1.165, 1.54) is 0 Å². The second-order valence-corrected chi connectivity index (χ2v) is 5.38. The molecular weight excluding hydrogens is 278 g/mol. The van der Waals surface area contributed by atoms with Crippen LogP contribution < -0.4 is 16.0 Å². The summed E-state index contributed by atoms with van der Waals surface area (Å²) in [7, 11) is 0. The Hall–Kier alpha value is -2.63. The number of carbonyl (C=O) groups is 1. The third-order valence-electron chi connectivity index (χ3n) is 3.97.